The lowest BCUT2D eigenvalue weighted by atomic mass is 10.1. The molecule has 1 heterocycles. The summed E-state index contributed by atoms with van der Waals surface area (Å²) >= 11 is 6.10. The van der Waals surface area contributed by atoms with Crippen LogP contribution in [0, 0.1) is 12.7 Å². The number of hydrogen-bond acceptors (Lipinski definition) is 2. The number of halogens is 2. The molecule has 0 atom stereocenters. The van der Waals surface area contributed by atoms with Crippen molar-refractivity contribution < 1.29 is 4.39 Å². The third-order valence-electron chi connectivity index (χ3n) is 3.20. The van der Waals surface area contributed by atoms with Crippen molar-refractivity contribution in [2.75, 3.05) is 0 Å². The van der Waals surface area contributed by atoms with E-state index in [0.717, 1.165) is 16.7 Å². The molecule has 0 spiro atoms. The first-order valence-electron chi connectivity index (χ1n) is 6.50. The molecule has 3 rings (SSSR count). The van der Waals surface area contributed by atoms with Crippen molar-refractivity contribution in [3.05, 3.63) is 71.1 Å². The summed E-state index contributed by atoms with van der Waals surface area (Å²) < 4.78 is 13.5. The SMILES string of the molecule is Cc1ccc(F)cc1-c1cc(Cl)nc(-c2ccccc2)n1. The quantitative estimate of drug-likeness (QED) is 0.628. The van der Waals surface area contributed by atoms with Crippen LogP contribution in [0.4, 0.5) is 4.39 Å². The van der Waals surface area contributed by atoms with Crippen molar-refractivity contribution in [1.29, 1.82) is 0 Å². The van der Waals surface area contributed by atoms with Gasteiger partial charge in [0.2, 0.25) is 0 Å². The van der Waals surface area contributed by atoms with Gasteiger partial charge in [0.1, 0.15) is 11.0 Å². The van der Waals surface area contributed by atoms with Crippen LogP contribution in [0.15, 0.2) is 54.6 Å². The van der Waals surface area contributed by atoms with Gasteiger partial charge in [-0.3, -0.25) is 0 Å². The maximum Gasteiger partial charge on any atom is 0.161 e. The Morgan fingerprint density at radius 3 is 2.48 bits per heavy atom. The maximum absolute atomic E-state index is 13.5. The zero-order valence-electron chi connectivity index (χ0n) is 11.3. The van der Waals surface area contributed by atoms with Crippen molar-refractivity contribution >= 4 is 11.6 Å². The molecule has 0 amide bonds. The van der Waals surface area contributed by atoms with E-state index in [0.29, 0.717) is 16.7 Å². The van der Waals surface area contributed by atoms with Crippen LogP contribution in [0.2, 0.25) is 5.15 Å². The van der Waals surface area contributed by atoms with Gasteiger partial charge in [-0.05, 0) is 24.6 Å². The predicted octanol–water partition coefficient (Wildman–Crippen LogP) is 4.91. The van der Waals surface area contributed by atoms with Gasteiger partial charge in [0.25, 0.3) is 0 Å². The average Bonchev–Trinajstić information content (AvgIpc) is 2.50. The van der Waals surface area contributed by atoms with E-state index >= 15 is 0 Å². The smallest absolute Gasteiger partial charge is 0.161 e. The summed E-state index contributed by atoms with van der Waals surface area (Å²) in [5.41, 5.74) is 3.14. The van der Waals surface area contributed by atoms with Crippen LogP contribution in [0.3, 0.4) is 0 Å². The van der Waals surface area contributed by atoms with Crippen molar-refractivity contribution in [2.45, 2.75) is 6.92 Å². The predicted molar refractivity (Wildman–Crippen MR) is 82.6 cm³/mol. The zero-order valence-corrected chi connectivity index (χ0v) is 12.1. The molecule has 0 unspecified atom stereocenters. The van der Waals surface area contributed by atoms with Crippen LogP contribution in [0.5, 0.6) is 0 Å². The second kappa shape index (κ2) is 5.62. The van der Waals surface area contributed by atoms with Crippen LogP contribution in [-0.2, 0) is 0 Å². The summed E-state index contributed by atoms with van der Waals surface area (Å²) in [4.78, 5) is 8.76. The van der Waals surface area contributed by atoms with Crippen LogP contribution >= 0.6 is 11.6 Å². The van der Waals surface area contributed by atoms with Crippen molar-refractivity contribution in [2.24, 2.45) is 0 Å². The Labute approximate surface area is 127 Å². The van der Waals surface area contributed by atoms with Gasteiger partial charge < -0.3 is 0 Å². The van der Waals surface area contributed by atoms with Gasteiger partial charge in [-0.15, -0.1) is 0 Å². The van der Waals surface area contributed by atoms with E-state index in [9.17, 15) is 4.39 Å². The highest BCUT2D eigenvalue weighted by molar-refractivity contribution is 6.29. The van der Waals surface area contributed by atoms with Crippen molar-refractivity contribution in [3.63, 3.8) is 0 Å². The topological polar surface area (TPSA) is 25.8 Å². The van der Waals surface area contributed by atoms with Crippen LogP contribution < -0.4 is 0 Å². The molecule has 2 nitrogen and oxygen atoms in total. The van der Waals surface area contributed by atoms with Gasteiger partial charge in [0.15, 0.2) is 5.82 Å². The second-order valence-electron chi connectivity index (χ2n) is 4.72. The normalized spacial score (nSPS) is 10.6. The first-order chi connectivity index (χ1) is 10.1. The largest absolute Gasteiger partial charge is 0.228 e. The van der Waals surface area contributed by atoms with E-state index in [4.69, 9.17) is 11.6 Å². The van der Waals surface area contributed by atoms with Crippen LogP contribution in [0.25, 0.3) is 22.6 Å². The maximum atomic E-state index is 13.5. The van der Waals surface area contributed by atoms with E-state index in [-0.39, 0.29) is 5.82 Å². The molecule has 4 heteroatoms. The number of benzene rings is 2. The van der Waals surface area contributed by atoms with Gasteiger partial charge in [-0.1, -0.05) is 48.0 Å². The Bertz CT molecular complexity index is 788. The Balaban J connectivity index is 2.16. The van der Waals surface area contributed by atoms with Crippen LogP contribution in [0.1, 0.15) is 5.56 Å². The van der Waals surface area contributed by atoms with Crippen molar-refractivity contribution in [3.8, 4) is 22.6 Å². The Morgan fingerprint density at radius 2 is 1.71 bits per heavy atom. The molecule has 0 fully saturated rings. The average molecular weight is 299 g/mol. The summed E-state index contributed by atoms with van der Waals surface area (Å²) in [5, 5.41) is 0.336. The summed E-state index contributed by atoms with van der Waals surface area (Å²) in [6, 6.07) is 15.8. The Kier molecular flexibility index (Phi) is 3.67. The number of aromatic nitrogens is 2. The van der Waals surface area contributed by atoms with E-state index < -0.39 is 0 Å². The second-order valence-corrected chi connectivity index (χ2v) is 5.11. The summed E-state index contributed by atoms with van der Waals surface area (Å²) in [5.74, 6) is 0.230. The molecule has 0 radical (unpaired) electrons. The van der Waals surface area contributed by atoms with Gasteiger partial charge in [-0.2, -0.15) is 0 Å². The fraction of sp³-hybridized carbons (Fsp3) is 0.0588. The number of nitrogens with zero attached hydrogens (tertiary/aromatic N) is 2. The number of hydrogen-bond donors (Lipinski definition) is 0. The number of aryl methyl sites for hydroxylation is 1. The molecule has 0 aliphatic carbocycles. The van der Waals surface area contributed by atoms with E-state index in [2.05, 4.69) is 9.97 Å². The Morgan fingerprint density at radius 1 is 0.952 bits per heavy atom. The lowest BCUT2D eigenvalue weighted by Crippen LogP contribution is -1.95. The highest BCUT2D eigenvalue weighted by Gasteiger charge is 2.10. The van der Waals surface area contributed by atoms with E-state index in [1.165, 1.54) is 12.1 Å². The third-order valence-corrected chi connectivity index (χ3v) is 3.40. The third kappa shape index (κ3) is 2.93. The first kappa shape index (κ1) is 13.7. The molecule has 0 aliphatic heterocycles. The lowest BCUT2D eigenvalue weighted by molar-refractivity contribution is 0.628. The highest BCUT2D eigenvalue weighted by Crippen LogP contribution is 2.27. The fourth-order valence-corrected chi connectivity index (χ4v) is 2.33. The molecule has 21 heavy (non-hydrogen) atoms. The number of rotatable bonds is 2. The molecule has 104 valence electrons. The molecular formula is C17H12ClFN2. The lowest BCUT2D eigenvalue weighted by Gasteiger charge is -2.08. The van der Waals surface area contributed by atoms with Gasteiger partial charge in [0.05, 0.1) is 5.69 Å². The van der Waals surface area contributed by atoms with Crippen molar-refractivity contribution in [1.82, 2.24) is 9.97 Å². The molecular weight excluding hydrogens is 287 g/mol. The first-order valence-corrected chi connectivity index (χ1v) is 6.88. The summed E-state index contributed by atoms with van der Waals surface area (Å²) in [6.45, 7) is 1.91. The van der Waals surface area contributed by atoms with E-state index in [1.807, 2.05) is 37.3 Å². The molecule has 2 aromatic carbocycles. The fourth-order valence-electron chi connectivity index (χ4n) is 2.14. The Hall–Kier alpha value is -2.26. The van der Waals surface area contributed by atoms with E-state index in [1.54, 1.807) is 12.1 Å². The van der Waals surface area contributed by atoms with Gasteiger partial charge in [-0.25, -0.2) is 14.4 Å². The minimum Gasteiger partial charge on any atom is -0.228 e. The standard InChI is InChI=1S/C17H12ClFN2/c1-11-7-8-13(19)9-14(11)15-10-16(18)21-17(20-15)12-5-3-2-4-6-12/h2-10H,1H3. The summed E-state index contributed by atoms with van der Waals surface area (Å²) in [7, 11) is 0. The summed E-state index contributed by atoms with van der Waals surface area (Å²) in [6.07, 6.45) is 0. The molecule has 0 N–H and O–H groups in total. The molecule has 0 saturated heterocycles. The van der Waals surface area contributed by atoms with Crippen LogP contribution in [-0.4, -0.2) is 9.97 Å². The minimum atomic E-state index is -0.299. The molecule has 1 aromatic heterocycles. The monoisotopic (exact) mass is 298 g/mol. The molecule has 0 aliphatic rings. The molecule has 0 saturated carbocycles. The zero-order chi connectivity index (χ0) is 14.8. The molecule has 3 aromatic rings. The molecule has 0 bridgehead atoms. The minimum absolute atomic E-state index is 0.299. The highest BCUT2D eigenvalue weighted by atomic mass is 35.5. The van der Waals surface area contributed by atoms with Gasteiger partial charge >= 0.3 is 0 Å². The van der Waals surface area contributed by atoms with Gasteiger partial charge in [0, 0.05) is 17.2 Å².